The molecule has 2 aromatic rings. The molecule has 158 valence electrons. The summed E-state index contributed by atoms with van der Waals surface area (Å²) in [6.45, 7) is 4.37. The zero-order valence-electron chi connectivity index (χ0n) is 16.3. The number of nitro groups is 1. The molecule has 1 aromatic heterocycles. The van der Waals surface area contributed by atoms with Gasteiger partial charge in [-0.05, 0) is 18.9 Å². The molecule has 0 atom stereocenters. The molecule has 0 saturated carbocycles. The highest BCUT2D eigenvalue weighted by atomic mass is 16.6. The van der Waals surface area contributed by atoms with Gasteiger partial charge in [-0.1, -0.05) is 6.07 Å². The van der Waals surface area contributed by atoms with Gasteiger partial charge in [0.05, 0.1) is 24.4 Å². The van der Waals surface area contributed by atoms with Crippen LogP contribution in [-0.2, 0) is 4.74 Å². The van der Waals surface area contributed by atoms with E-state index in [1.165, 1.54) is 24.4 Å². The third-order valence-electron chi connectivity index (χ3n) is 4.91. The normalized spacial score (nSPS) is 16.9. The van der Waals surface area contributed by atoms with E-state index in [1.54, 1.807) is 0 Å². The molecule has 2 fully saturated rings. The van der Waals surface area contributed by atoms with Gasteiger partial charge in [0, 0.05) is 37.8 Å². The van der Waals surface area contributed by atoms with E-state index in [9.17, 15) is 15.2 Å². The number of phenolic OH excluding ortho intramolecular Hbond substituents is 1. The number of anilines is 3. The zero-order valence-corrected chi connectivity index (χ0v) is 16.3. The molecule has 2 saturated heterocycles. The van der Waals surface area contributed by atoms with Gasteiger partial charge in [0.15, 0.2) is 0 Å². The summed E-state index contributed by atoms with van der Waals surface area (Å²) >= 11 is 0. The highest BCUT2D eigenvalue weighted by molar-refractivity contribution is 5.85. The van der Waals surface area contributed by atoms with Crippen LogP contribution in [0.3, 0.4) is 0 Å². The summed E-state index contributed by atoms with van der Waals surface area (Å²) in [5, 5.41) is 25.0. The predicted molar refractivity (Wildman–Crippen MR) is 110 cm³/mol. The Balaban J connectivity index is 1.57. The van der Waals surface area contributed by atoms with Gasteiger partial charge in [-0.25, -0.2) is 5.43 Å². The van der Waals surface area contributed by atoms with E-state index in [1.807, 2.05) is 4.90 Å². The van der Waals surface area contributed by atoms with E-state index in [4.69, 9.17) is 4.74 Å². The van der Waals surface area contributed by atoms with Gasteiger partial charge >= 0.3 is 5.69 Å². The lowest BCUT2D eigenvalue weighted by molar-refractivity contribution is -0.385. The number of aromatic hydroxyl groups is 1. The smallest absolute Gasteiger partial charge is 0.311 e. The Bertz CT molecular complexity index is 942. The maximum absolute atomic E-state index is 11.0. The van der Waals surface area contributed by atoms with Gasteiger partial charge in [-0.2, -0.15) is 20.1 Å². The number of nitro benzene ring substituents is 1. The molecular weight excluding hydrogens is 392 g/mol. The van der Waals surface area contributed by atoms with E-state index >= 15 is 0 Å². The molecule has 2 aliphatic heterocycles. The average molecular weight is 414 g/mol. The first-order chi connectivity index (χ1) is 14.6. The van der Waals surface area contributed by atoms with Crippen LogP contribution in [0.15, 0.2) is 23.3 Å². The van der Waals surface area contributed by atoms with Crippen molar-refractivity contribution in [1.82, 2.24) is 15.0 Å². The number of nitrogens with one attached hydrogen (secondary N) is 1. The van der Waals surface area contributed by atoms with Crippen LogP contribution in [0.4, 0.5) is 23.5 Å². The third kappa shape index (κ3) is 4.38. The van der Waals surface area contributed by atoms with Gasteiger partial charge in [-0.3, -0.25) is 10.1 Å². The molecule has 12 heteroatoms. The van der Waals surface area contributed by atoms with Crippen molar-refractivity contribution < 1.29 is 14.8 Å². The number of aromatic nitrogens is 3. The molecule has 0 unspecified atom stereocenters. The van der Waals surface area contributed by atoms with Crippen molar-refractivity contribution in [3.05, 3.63) is 33.9 Å². The Morgan fingerprint density at radius 3 is 2.43 bits per heavy atom. The number of hydrazone groups is 1. The summed E-state index contributed by atoms with van der Waals surface area (Å²) in [6.07, 6.45) is 3.47. The lowest BCUT2D eigenvalue weighted by Crippen LogP contribution is -2.38. The first-order valence-electron chi connectivity index (χ1n) is 9.71. The van der Waals surface area contributed by atoms with E-state index in [2.05, 4.69) is 30.4 Å². The third-order valence-corrected chi connectivity index (χ3v) is 4.91. The van der Waals surface area contributed by atoms with E-state index in [0.717, 1.165) is 25.9 Å². The second-order valence-electron chi connectivity index (χ2n) is 6.89. The number of ether oxygens (including phenoxy) is 1. The van der Waals surface area contributed by atoms with Crippen LogP contribution in [-0.4, -0.2) is 70.6 Å². The molecule has 12 nitrogen and oxygen atoms in total. The Labute approximate surface area is 172 Å². The summed E-state index contributed by atoms with van der Waals surface area (Å²) in [5.41, 5.74) is 2.58. The molecule has 1 aromatic carbocycles. The molecule has 2 N–H and O–H groups in total. The van der Waals surface area contributed by atoms with Gasteiger partial charge in [0.1, 0.15) is 0 Å². The fourth-order valence-corrected chi connectivity index (χ4v) is 3.33. The molecule has 4 rings (SSSR count). The lowest BCUT2D eigenvalue weighted by atomic mass is 10.2. The minimum atomic E-state index is -0.650. The number of rotatable bonds is 6. The maximum atomic E-state index is 11.0. The summed E-state index contributed by atoms with van der Waals surface area (Å²) in [6, 6.07) is 4.23. The summed E-state index contributed by atoms with van der Waals surface area (Å²) < 4.78 is 5.40. The number of hydrogen-bond acceptors (Lipinski definition) is 11. The monoisotopic (exact) mass is 414 g/mol. The number of hydrogen-bond donors (Lipinski definition) is 2. The van der Waals surface area contributed by atoms with Crippen LogP contribution in [0.25, 0.3) is 0 Å². The van der Waals surface area contributed by atoms with Crippen molar-refractivity contribution in [3.8, 4) is 5.75 Å². The van der Waals surface area contributed by atoms with Crippen LogP contribution in [0, 0.1) is 10.1 Å². The van der Waals surface area contributed by atoms with Crippen LogP contribution in [0.2, 0.25) is 0 Å². The average Bonchev–Trinajstić information content (AvgIpc) is 3.30. The van der Waals surface area contributed by atoms with Gasteiger partial charge in [0.2, 0.25) is 23.6 Å². The van der Waals surface area contributed by atoms with E-state index < -0.39 is 10.7 Å². The largest absolute Gasteiger partial charge is 0.502 e. The Hall–Kier alpha value is -3.54. The molecule has 0 aliphatic carbocycles. The van der Waals surface area contributed by atoms with Crippen LogP contribution in [0.1, 0.15) is 18.4 Å². The van der Waals surface area contributed by atoms with Crippen molar-refractivity contribution in [3.63, 3.8) is 0 Å². The minimum absolute atomic E-state index is 0.207. The number of para-hydroxylation sites is 1. The topological polar surface area (TPSA) is 142 Å². The van der Waals surface area contributed by atoms with E-state index in [0.29, 0.717) is 38.2 Å². The minimum Gasteiger partial charge on any atom is -0.502 e. The Kier molecular flexibility index (Phi) is 5.84. The first kappa shape index (κ1) is 19.8. The Morgan fingerprint density at radius 2 is 1.77 bits per heavy atom. The Morgan fingerprint density at radius 1 is 1.10 bits per heavy atom. The maximum Gasteiger partial charge on any atom is 0.311 e. The summed E-state index contributed by atoms with van der Waals surface area (Å²) in [4.78, 5) is 28.0. The molecule has 3 heterocycles. The molecule has 0 spiro atoms. The zero-order chi connectivity index (χ0) is 20.9. The van der Waals surface area contributed by atoms with Gasteiger partial charge in [-0.15, -0.1) is 0 Å². The molecule has 2 aliphatic rings. The number of nitrogens with zero attached hydrogens (tertiary/aromatic N) is 7. The second-order valence-corrected chi connectivity index (χ2v) is 6.89. The van der Waals surface area contributed by atoms with Crippen molar-refractivity contribution in [1.29, 1.82) is 0 Å². The SMILES string of the molecule is O=[N+]([O-])c1cccc(/C=N/Nc2nc(N3CCCC3)nc(N3CCOCC3)n2)c1O. The first-order valence-corrected chi connectivity index (χ1v) is 9.71. The van der Waals surface area contributed by atoms with Gasteiger partial charge in [0.25, 0.3) is 0 Å². The second kappa shape index (κ2) is 8.86. The van der Waals surface area contributed by atoms with Crippen LogP contribution in [0.5, 0.6) is 5.75 Å². The molecule has 0 bridgehead atoms. The molecule has 30 heavy (non-hydrogen) atoms. The predicted octanol–water partition coefficient (Wildman–Crippen LogP) is 1.37. The molecule has 0 amide bonds. The highest BCUT2D eigenvalue weighted by Gasteiger charge is 2.21. The van der Waals surface area contributed by atoms with E-state index in [-0.39, 0.29) is 17.2 Å². The van der Waals surface area contributed by atoms with Crippen molar-refractivity contribution in [2.75, 3.05) is 54.6 Å². The quantitative estimate of drug-likeness (QED) is 0.404. The van der Waals surface area contributed by atoms with Crippen molar-refractivity contribution >= 4 is 29.7 Å². The van der Waals surface area contributed by atoms with Crippen LogP contribution >= 0.6 is 0 Å². The number of phenols is 1. The fourth-order valence-electron chi connectivity index (χ4n) is 3.33. The number of benzene rings is 1. The molecular formula is C18H22N8O4. The fraction of sp³-hybridized carbons (Fsp3) is 0.444. The van der Waals surface area contributed by atoms with Crippen LogP contribution < -0.4 is 15.2 Å². The summed E-state index contributed by atoms with van der Waals surface area (Å²) in [7, 11) is 0. The highest BCUT2D eigenvalue weighted by Crippen LogP contribution is 2.28. The standard InChI is InChI=1S/C18H22N8O4/c27-15-13(4-3-5-14(15)26(28)29)12-19-23-16-20-17(24-6-1-2-7-24)22-18(21-16)25-8-10-30-11-9-25/h3-5,12,27H,1-2,6-11H2,(H,20,21,22,23)/b19-12+. The lowest BCUT2D eigenvalue weighted by Gasteiger charge is -2.27. The molecule has 0 radical (unpaired) electrons. The van der Waals surface area contributed by atoms with Crippen molar-refractivity contribution in [2.24, 2.45) is 5.10 Å². The van der Waals surface area contributed by atoms with Gasteiger partial charge < -0.3 is 19.6 Å². The number of morpholine rings is 1. The summed E-state index contributed by atoms with van der Waals surface area (Å²) in [5.74, 6) is 0.941. The van der Waals surface area contributed by atoms with Crippen molar-refractivity contribution in [2.45, 2.75) is 12.8 Å².